The van der Waals surface area contributed by atoms with E-state index in [2.05, 4.69) is 6.58 Å². The maximum absolute atomic E-state index is 11.6. The van der Waals surface area contributed by atoms with Crippen molar-refractivity contribution in [2.75, 3.05) is 0 Å². The maximum Gasteiger partial charge on any atom is 0.206 e. The Morgan fingerprint density at radius 3 is 2.07 bits per heavy atom. The van der Waals surface area contributed by atoms with Gasteiger partial charge in [0.05, 0.1) is 5.70 Å². The van der Waals surface area contributed by atoms with Gasteiger partial charge in [-0.05, 0) is 26.3 Å². The van der Waals surface area contributed by atoms with Crippen molar-refractivity contribution in [3.63, 3.8) is 0 Å². The number of Topliss-reactive ketones (excluding diaryl/α,β-unsaturated/α-hetero) is 1. The van der Waals surface area contributed by atoms with Crippen molar-refractivity contribution in [3.05, 3.63) is 47.3 Å². The van der Waals surface area contributed by atoms with Crippen molar-refractivity contribution < 1.29 is 4.79 Å². The molecule has 0 saturated carbocycles. The smallest absolute Gasteiger partial charge is 0.206 e. The molecule has 0 aromatic rings. The van der Waals surface area contributed by atoms with E-state index in [9.17, 15) is 4.79 Å². The van der Waals surface area contributed by atoms with Gasteiger partial charge in [0.2, 0.25) is 5.78 Å². The van der Waals surface area contributed by atoms with E-state index in [-0.39, 0.29) is 11.5 Å². The summed E-state index contributed by atoms with van der Waals surface area (Å²) < 4.78 is 0. The summed E-state index contributed by atoms with van der Waals surface area (Å²) in [5.41, 5.74) is 12.9. The van der Waals surface area contributed by atoms with Crippen LogP contribution in [-0.4, -0.2) is 5.78 Å². The van der Waals surface area contributed by atoms with Crippen LogP contribution in [0.25, 0.3) is 0 Å². The van der Waals surface area contributed by atoms with Gasteiger partial charge < -0.3 is 11.5 Å². The fraction of sp³-hybridized carbons (Fsp3) is 0.250. The summed E-state index contributed by atoms with van der Waals surface area (Å²) in [4.78, 5) is 11.6. The fourth-order valence-corrected chi connectivity index (χ4v) is 0.792. The largest absolute Gasteiger partial charge is 0.400 e. The monoisotopic (exact) mass is 206 g/mol. The molecule has 0 radical (unpaired) electrons. The normalized spacial score (nSPS) is 14.6. The number of carbonyl (C=O) groups is 1. The first-order chi connectivity index (χ1) is 6.90. The molecule has 0 fully saturated rings. The topological polar surface area (TPSA) is 69.1 Å². The van der Waals surface area contributed by atoms with Crippen LogP contribution in [-0.2, 0) is 4.79 Å². The molecule has 0 aromatic heterocycles. The minimum atomic E-state index is -0.233. The Morgan fingerprint density at radius 2 is 1.67 bits per heavy atom. The van der Waals surface area contributed by atoms with E-state index in [0.29, 0.717) is 11.3 Å². The molecule has 0 aromatic carbocycles. The van der Waals surface area contributed by atoms with Gasteiger partial charge in [0.25, 0.3) is 0 Å². The Morgan fingerprint density at radius 1 is 1.13 bits per heavy atom. The third-order valence-electron chi connectivity index (χ3n) is 1.95. The maximum atomic E-state index is 11.6. The highest BCUT2D eigenvalue weighted by Gasteiger charge is 2.08. The van der Waals surface area contributed by atoms with Crippen molar-refractivity contribution in [2.45, 2.75) is 20.8 Å². The van der Waals surface area contributed by atoms with Crippen molar-refractivity contribution >= 4 is 5.78 Å². The minimum absolute atomic E-state index is 0.105. The summed E-state index contributed by atoms with van der Waals surface area (Å²) in [5.74, 6) is -0.233. The van der Waals surface area contributed by atoms with Crippen LogP contribution >= 0.6 is 0 Å². The summed E-state index contributed by atoms with van der Waals surface area (Å²) in [6.07, 6.45) is 5.22. The number of nitrogens with two attached hydrogens (primary N) is 2. The summed E-state index contributed by atoms with van der Waals surface area (Å²) in [6, 6.07) is 0. The lowest BCUT2D eigenvalue weighted by molar-refractivity contribution is -0.112. The lowest BCUT2D eigenvalue weighted by Crippen LogP contribution is -2.17. The second kappa shape index (κ2) is 5.86. The van der Waals surface area contributed by atoms with E-state index in [1.165, 1.54) is 0 Å². The molecular weight excluding hydrogens is 188 g/mol. The van der Waals surface area contributed by atoms with E-state index < -0.39 is 0 Å². The molecule has 0 heterocycles. The Hall–Kier alpha value is -1.77. The average molecular weight is 206 g/mol. The molecule has 0 bridgehead atoms. The zero-order chi connectivity index (χ0) is 12.0. The highest BCUT2D eigenvalue weighted by atomic mass is 16.1. The Balaban J connectivity index is 4.89. The second-order valence-electron chi connectivity index (χ2n) is 3.39. The molecule has 0 unspecified atom stereocenters. The molecule has 82 valence electrons. The molecule has 0 aliphatic heterocycles. The standard InChI is InChI=1S/C12H18N2O/c1-5-8(2)6-7-9(3)12(15)11(14)10(4)13/h5-7H,1,13-14H2,2-4H3/b8-6-,9-7+,11-10+. The Labute approximate surface area is 90.8 Å². The SMILES string of the molecule is C=C/C(C)=C\C=C(/C)C(=O)/C(N)=C(/C)N. The number of carbonyl (C=O) groups excluding carboxylic acids is 1. The molecular formula is C12H18N2O. The first-order valence-corrected chi connectivity index (χ1v) is 4.64. The third-order valence-corrected chi connectivity index (χ3v) is 1.95. The first-order valence-electron chi connectivity index (χ1n) is 4.64. The molecule has 0 aliphatic carbocycles. The van der Waals surface area contributed by atoms with Gasteiger partial charge in [0.1, 0.15) is 0 Å². The van der Waals surface area contributed by atoms with Crippen LogP contribution in [0.4, 0.5) is 0 Å². The summed E-state index contributed by atoms with van der Waals surface area (Å²) >= 11 is 0. The third kappa shape index (κ3) is 4.31. The fourth-order valence-electron chi connectivity index (χ4n) is 0.792. The highest BCUT2D eigenvalue weighted by molar-refractivity contribution is 6.07. The molecule has 0 amide bonds. The summed E-state index contributed by atoms with van der Waals surface area (Å²) in [5, 5.41) is 0. The van der Waals surface area contributed by atoms with E-state index >= 15 is 0 Å². The molecule has 0 saturated heterocycles. The molecule has 4 N–H and O–H groups in total. The molecule has 0 atom stereocenters. The van der Waals surface area contributed by atoms with Crippen molar-refractivity contribution in [3.8, 4) is 0 Å². The van der Waals surface area contributed by atoms with Gasteiger partial charge in [-0.15, -0.1) is 0 Å². The van der Waals surface area contributed by atoms with Crippen LogP contribution in [0.3, 0.4) is 0 Å². The quantitative estimate of drug-likeness (QED) is 0.544. The van der Waals surface area contributed by atoms with Gasteiger partial charge in [0, 0.05) is 5.70 Å². The zero-order valence-electron chi connectivity index (χ0n) is 9.50. The van der Waals surface area contributed by atoms with E-state index in [1.807, 2.05) is 6.92 Å². The highest BCUT2D eigenvalue weighted by Crippen LogP contribution is 2.04. The number of ketones is 1. The van der Waals surface area contributed by atoms with Gasteiger partial charge in [0.15, 0.2) is 0 Å². The number of allylic oxidation sites excluding steroid dienone is 6. The number of hydrogen-bond donors (Lipinski definition) is 2. The van der Waals surface area contributed by atoms with Crippen molar-refractivity contribution in [2.24, 2.45) is 11.5 Å². The average Bonchev–Trinajstić information content (AvgIpc) is 2.22. The predicted molar refractivity (Wildman–Crippen MR) is 63.8 cm³/mol. The van der Waals surface area contributed by atoms with Gasteiger partial charge in [-0.2, -0.15) is 0 Å². The van der Waals surface area contributed by atoms with Crippen molar-refractivity contribution in [1.82, 2.24) is 0 Å². The van der Waals surface area contributed by atoms with Crippen LogP contribution in [0.15, 0.2) is 47.3 Å². The second-order valence-corrected chi connectivity index (χ2v) is 3.39. The van der Waals surface area contributed by atoms with Crippen LogP contribution in [0.1, 0.15) is 20.8 Å². The zero-order valence-corrected chi connectivity index (χ0v) is 9.50. The van der Waals surface area contributed by atoms with E-state index in [4.69, 9.17) is 11.5 Å². The predicted octanol–water partition coefficient (Wildman–Crippen LogP) is 1.78. The van der Waals surface area contributed by atoms with Crippen molar-refractivity contribution in [1.29, 1.82) is 0 Å². The van der Waals surface area contributed by atoms with Crippen LogP contribution in [0, 0.1) is 0 Å². The Bertz CT molecular complexity index is 356. The van der Waals surface area contributed by atoms with Crippen LogP contribution < -0.4 is 11.5 Å². The van der Waals surface area contributed by atoms with E-state index in [1.54, 1.807) is 32.1 Å². The lowest BCUT2D eigenvalue weighted by Gasteiger charge is -2.02. The van der Waals surface area contributed by atoms with E-state index in [0.717, 1.165) is 5.57 Å². The molecule has 0 rings (SSSR count). The number of rotatable bonds is 4. The summed E-state index contributed by atoms with van der Waals surface area (Å²) in [7, 11) is 0. The molecule has 15 heavy (non-hydrogen) atoms. The molecule has 0 spiro atoms. The van der Waals surface area contributed by atoms with Gasteiger partial charge in [-0.3, -0.25) is 4.79 Å². The Kier molecular flexibility index (Phi) is 5.16. The summed E-state index contributed by atoms with van der Waals surface area (Å²) in [6.45, 7) is 8.81. The minimum Gasteiger partial charge on any atom is -0.400 e. The van der Waals surface area contributed by atoms with Crippen LogP contribution in [0.2, 0.25) is 0 Å². The van der Waals surface area contributed by atoms with Gasteiger partial charge in [-0.25, -0.2) is 0 Å². The molecule has 0 aliphatic rings. The van der Waals surface area contributed by atoms with Crippen LogP contribution in [0.5, 0.6) is 0 Å². The molecule has 3 nitrogen and oxygen atoms in total. The lowest BCUT2D eigenvalue weighted by atomic mass is 10.1. The van der Waals surface area contributed by atoms with Gasteiger partial charge >= 0.3 is 0 Å². The van der Waals surface area contributed by atoms with Gasteiger partial charge in [-0.1, -0.05) is 30.4 Å². The first kappa shape index (κ1) is 13.2. The number of hydrogen-bond acceptors (Lipinski definition) is 3. The molecule has 3 heteroatoms.